The number of aromatic nitrogens is 3. The molecule has 0 atom stereocenters. The van der Waals surface area contributed by atoms with E-state index in [-0.39, 0.29) is 24.4 Å². The number of fused-ring (bicyclic) bond motifs is 1. The highest BCUT2D eigenvalue weighted by Crippen LogP contribution is 2.24. The lowest BCUT2D eigenvalue weighted by molar-refractivity contribution is -0.142. The third kappa shape index (κ3) is 2.89. The molecule has 0 aliphatic rings. The molecule has 0 unspecified atom stereocenters. The van der Waals surface area contributed by atoms with Crippen molar-refractivity contribution in [2.75, 3.05) is 6.61 Å². The quantitative estimate of drug-likeness (QED) is 0.742. The second kappa shape index (κ2) is 5.96. The van der Waals surface area contributed by atoms with Crippen LogP contribution in [0, 0.1) is 12.7 Å². The van der Waals surface area contributed by atoms with Gasteiger partial charge in [0.2, 0.25) is 5.13 Å². The number of carbonyl (C=O) groups is 1. The van der Waals surface area contributed by atoms with Crippen LogP contribution in [0.1, 0.15) is 18.2 Å². The number of carbonyl (C=O) groups excluding carboxylic acids is 1. The number of nitrogens with zero attached hydrogens (tertiary/aromatic N) is 2. The number of aromatic amines is 1. The van der Waals surface area contributed by atoms with Gasteiger partial charge in [-0.2, -0.15) is 4.68 Å². The molecule has 3 rings (SSSR count). The number of ether oxygens (including phenoxy) is 1. The fourth-order valence-electron chi connectivity index (χ4n) is 2.26. The Balaban J connectivity index is 2.02. The number of nitrogens with one attached hydrogen (secondary N) is 1. The molecule has 0 fully saturated rings. The maximum Gasteiger partial charge on any atom is 0.310 e. The molecule has 0 amide bonds. The number of hydrogen-bond acceptors (Lipinski definition) is 5. The highest BCUT2D eigenvalue weighted by atomic mass is 32.1. The third-order valence-electron chi connectivity index (χ3n) is 3.35. The van der Waals surface area contributed by atoms with Crippen molar-refractivity contribution in [1.82, 2.24) is 14.8 Å². The molecule has 6 nitrogen and oxygen atoms in total. The highest BCUT2D eigenvalue weighted by molar-refractivity contribution is 7.20. The Bertz CT molecular complexity index is 941. The summed E-state index contributed by atoms with van der Waals surface area (Å²) in [5.74, 6) is -0.809. The maximum atomic E-state index is 13.3. The lowest BCUT2D eigenvalue weighted by atomic mass is 10.2. The summed E-state index contributed by atoms with van der Waals surface area (Å²) in [5, 5.41) is 3.30. The zero-order chi connectivity index (χ0) is 16.6. The molecule has 1 aromatic carbocycles. The van der Waals surface area contributed by atoms with Crippen LogP contribution >= 0.6 is 11.3 Å². The predicted octanol–water partition coefficient (Wildman–Crippen LogP) is 2.33. The van der Waals surface area contributed by atoms with Gasteiger partial charge in [0.15, 0.2) is 0 Å². The smallest absolute Gasteiger partial charge is 0.310 e. The molecule has 0 aliphatic heterocycles. The van der Waals surface area contributed by atoms with Gasteiger partial charge in [-0.05, 0) is 32.0 Å². The number of rotatable bonds is 4. The van der Waals surface area contributed by atoms with Gasteiger partial charge in [0, 0.05) is 5.69 Å². The fourth-order valence-corrected chi connectivity index (χ4v) is 3.21. The molecule has 0 radical (unpaired) electrons. The fraction of sp³-hybridized carbons (Fsp3) is 0.267. The van der Waals surface area contributed by atoms with Crippen LogP contribution in [0.2, 0.25) is 0 Å². The van der Waals surface area contributed by atoms with Gasteiger partial charge in [0.25, 0.3) is 5.56 Å². The number of thiazole rings is 1. The number of H-pyrrole nitrogens is 1. The molecule has 23 heavy (non-hydrogen) atoms. The number of benzene rings is 1. The first-order valence-electron chi connectivity index (χ1n) is 7.02. The normalized spacial score (nSPS) is 11.1. The van der Waals surface area contributed by atoms with Gasteiger partial charge in [-0.25, -0.2) is 9.37 Å². The van der Waals surface area contributed by atoms with E-state index in [4.69, 9.17) is 4.74 Å². The molecule has 0 aliphatic carbocycles. The van der Waals surface area contributed by atoms with E-state index in [9.17, 15) is 14.0 Å². The van der Waals surface area contributed by atoms with E-state index < -0.39 is 5.97 Å². The first-order valence-corrected chi connectivity index (χ1v) is 7.84. The molecule has 1 N–H and O–H groups in total. The summed E-state index contributed by atoms with van der Waals surface area (Å²) in [6, 6.07) is 4.25. The SMILES string of the molecule is CCOC(=O)Cc1c(C)[nH]n(-c2nc3ccc(F)cc3s2)c1=O. The van der Waals surface area contributed by atoms with Crippen molar-refractivity contribution in [2.24, 2.45) is 0 Å². The van der Waals surface area contributed by atoms with Crippen LogP contribution in [0.4, 0.5) is 4.39 Å². The first-order chi connectivity index (χ1) is 11.0. The predicted molar refractivity (Wildman–Crippen MR) is 84.6 cm³/mol. The molecule has 0 saturated carbocycles. The molecular formula is C15H14FN3O3S. The van der Waals surface area contributed by atoms with Crippen LogP contribution in [-0.4, -0.2) is 27.3 Å². The van der Waals surface area contributed by atoms with Gasteiger partial charge in [0.05, 0.1) is 28.8 Å². The van der Waals surface area contributed by atoms with Crippen LogP contribution in [0.25, 0.3) is 15.3 Å². The molecular weight excluding hydrogens is 321 g/mol. The average Bonchev–Trinajstić information content (AvgIpc) is 3.02. The second-order valence-corrected chi connectivity index (χ2v) is 5.96. The van der Waals surface area contributed by atoms with Crippen LogP contribution < -0.4 is 5.56 Å². The van der Waals surface area contributed by atoms with Gasteiger partial charge >= 0.3 is 5.97 Å². The van der Waals surface area contributed by atoms with Gasteiger partial charge in [-0.1, -0.05) is 11.3 Å². The van der Waals surface area contributed by atoms with E-state index in [1.54, 1.807) is 19.9 Å². The zero-order valence-electron chi connectivity index (χ0n) is 12.6. The zero-order valence-corrected chi connectivity index (χ0v) is 13.4. The van der Waals surface area contributed by atoms with Gasteiger partial charge in [-0.15, -0.1) is 0 Å². The minimum absolute atomic E-state index is 0.0957. The second-order valence-electron chi connectivity index (χ2n) is 4.95. The van der Waals surface area contributed by atoms with Crippen molar-refractivity contribution in [2.45, 2.75) is 20.3 Å². The van der Waals surface area contributed by atoms with Gasteiger partial charge in [-0.3, -0.25) is 14.7 Å². The van der Waals surface area contributed by atoms with E-state index in [0.717, 1.165) is 0 Å². The summed E-state index contributed by atoms with van der Waals surface area (Å²) in [6.07, 6.45) is -0.0957. The monoisotopic (exact) mass is 335 g/mol. The molecule has 120 valence electrons. The first kappa shape index (κ1) is 15.4. The summed E-state index contributed by atoms with van der Waals surface area (Å²) in [4.78, 5) is 28.4. The van der Waals surface area contributed by atoms with E-state index >= 15 is 0 Å². The highest BCUT2D eigenvalue weighted by Gasteiger charge is 2.18. The van der Waals surface area contributed by atoms with E-state index in [1.165, 1.54) is 28.2 Å². The molecule has 0 spiro atoms. The summed E-state index contributed by atoms with van der Waals surface area (Å²) >= 11 is 1.19. The van der Waals surface area contributed by atoms with Gasteiger partial charge in [0.1, 0.15) is 5.82 Å². The minimum atomic E-state index is -0.453. The molecule has 8 heteroatoms. The summed E-state index contributed by atoms with van der Waals surface area (Å²) < 4.78 is 20.1. The Morgan fingerprint density at radius 1 is 1.48 bits per heavy atom. The summed E-state index contributed by atoms with van der Waals surface area (Å²) in [5.41, 5.74) is 1.18. The number of halogens is 1. The van der Waals surface area contributed by atoms with Crippen molar-refractivity contribution in [3.8, 4) is 5.13 Å². The van der Waals surface area contributed by atoms with Crippen molar-refractivity contribution >= 4 is 27.5 Å². The van der Waals surface area contributed by atoms with Crippen LogP contribution in [0.3, 0.4) is 0 Å². The lowest BCUT2D eigenvalue weighted by Gasteiger charge is -1.98. The average molecular weight is 335 g/mol. The lowest BCUT2D eigenvalue weighted by Crippen LogP contribution is -2.20. The Kier molecular flexibility index (Phi) is 3.99. The molecule has 2 heterocycles. The van der Waals surface area contributed by atoms with E-state index in [1.807, 2.05) is 0 Å². The van der Waals surface area contributed by atoms with Crippen molar-refractivity contribution < 1.29 is 13.9 Å². The Labute approximate surface area is 134 Å². The van der Waals surface area contributed by atoms with Crippen LogP contribution in [-0.2, 0) is 16.0 Å². The number of aryl methyl sites for hydroxylation is 1. The maximum absolute atomic E-state index is 13.3. The number of hydrogen-bond donors (Lipinski definition) is 1. The largest absolute Gasteiger partial charge is 0.466 e. The molecule has 0 saturated heterocycles. The third-order valence-corrected chi connectivity index (χ3v) is 4.35. The molecule has 3 aromatic rings. The van der Waals surface area contributed by atoms with E-state index in [0.29, 0.717) is 26.6 Å². The van der Waals surface area contributed by atoms with Crippen molar-refractivity contribution in [3.63, 3.8) is 0 Å². The Morgan fingerprint density at radius 2 is 2.26 bits per heavy atom. The Morgan fingerprint density at radius 3 is 3.00 bits per heavy atom. The standard InChI is InChI=1S/C15H14FN3O3S/c1-3-22-13(20)7-10-8(2)18-19(14(10)21)15-17-11-5-4-9(16)6-12(11)23-15/h4-6,18H,3,7H2,1-2H3. The molecule has 0 bridgehead atoms. The Hall–Kier alpha value is -2.48. The topological polar surface area (TPSA) is 77.0 Å². The van der Waals surface area contributed by atoms with Crippen LogP contribution in [0.15, 0.2) is 23.0 Å². The van der Waals surface area contributed by atoms with Gasteiger partial charge < -0.3 is 4.74 Å². The minimum Gasteiger partial charge on any atom is -0.466 e. The summed E-state index contributed by atoms with van der Waals surface area (Å²) in [7, 11) is 0. The van der Waals surface area contributed by atoms with Crippen molar-refractivity contribution in [1.29, 1.82) is 0 Å². The van der Waals surface area contributed by atoms with Crippen LogP contribution in [0.5, 0.6) is 0 Å². The van der Waals surface area contributed by atoms with E-state index in [2.05, 4.69) is 10.1 Å². The van der Waals surface area contributed by atoms with Crippen molar-refractivity contribution in [3.05, 3.63) is 45.6 Å². The summed E-state index contributed by atoms with van der Waals surface area (Å²) in [6.45, 7) is 3.68. The molecule has 2 aromatic heterocycles. The number of esters is 1.